The molecule has 0 atom stereocenters. The fourth-order valence-corrected chi connectivity index (χ4v) is 5.72. The topological polar surface area (TPSA) is 75.3 Å². The minimum absolute atomic E-state index is 0.0188. The number of hydrogen-bond donors (Lipinski definition) is 1. The molecular formula is C22H24FN3O3S2. The highest BCUT2D eigenvalue weighted by molar-refractivity contribution is 7.99. The number of amides is 1. The molecule has 9 heteroatoms. The van der Waals surface area contributed by atoms with Gasteiger partial charge in [-0.25, -0.2) is 9.37 Å². The van der Waals surface area contributed by atoms with Crippen LogP contribution >= 0.6 is 23.1 Å². The molecule has 1 amide bonds. The van der Waals surface area contributed by atoms with Gasteiger partial charge in [-0.3, -0.25) is 9.59 Å². The number of fused-ring (bicyclic) bond motifs is 3. The van der Waals surface area contributed by atoms with Gasteiger partial charge in [0, 0.05) is 18.5 Å². The highest BCUT2D eigenvalue weighted by Crippen LogP contribution is 2.34. The standard InChI is InChI=1S/C22H24FN3O3S2/c1-26(10-3-11-29-15-8-6-14(23)7-9-15)19(27)13-30-12-18-24-21(28)20-16-4-2-5-17(16)31-22(20)25-18/h6-9H,2-5,10-13H2,1H3,(H,24,25,28). The van der Waals surface area contributed by atoms with E-state index in [0.717, 1.165) is 29.5 Å². The second kappa shape index (κ2) is 9.82. The minimum atomic E-state index is -0.298. The Labute approximate surface area is 187 Å². The first-order valence-electron chi connectivity index (χ1n) is 10.2. The first-order chi connectivity index (χ1) is 15.0. The third-order valence-corrected chi connectivity index (χ3v) is 7.35. The molecule has 3 aromatic rings. The van der Waals surface area contributed by atoms with E-state index >= 15 is 0 Å². The third-order valence-electron chi connectivity index (χ3n) is 5.23. The monoisotopic (exact) mass is 461 g/mol. The van der Waals surface area contributed by atoms with Gasteiger partial charge in [0.25, 0.3) is 5.56 Å². The van der Waals surface area contributed by atoms with E-state index in [1.165, 1.54) is 34.3 Å². The van der Waals surface area contributed by atoms with E-state index in [0.29, 0.717) is 42.7 Å². The Morgan fingerprint density at radius 2 is 2.13 bits per heavy atom. The Kier molecular flexibility index (Phi) is 6.92. The summed E-state index contributed by atoms with van der Waals surface area (Å²) in [6, 6.07) is 5.88. The quantitative estimate of drug-likeness (QED) is 0.491. The van der Waals surface area contributed by atoms with Crippen LogP contribution in [0.3, 0.4) is 0 Å². The van der Waals surface area contributed by atoms with Gasteiger partial charge >= 0.3 is 0 Å². The van der Waals surface area contributed by atoms with E-state index in [4.69, 9.17) is 4.74 Å². The molecule has 2 aromatic heterocycles. The maximum Gasteiger partial charge on any atom is 0.259 e. The van der Waals surface area contributed by atoms with E-state index in [9.17, 15) is 14.0 Å². The number of aryl methyl sites for hydroxylation is 2. The molecule has 0 saturated heterocycles. The van der Waals surface area contributed by atoms with Gasteiger partial charge in [-0.1, -0.05) is 0 Å². The van der Waals surface area contributed by atoms with Gasteiger partial charge in [0.05, 0.1) is 23.5 Å². The molecule has 0 unspecified atom stereocenters. The number of aromatic nitrogens is 2. The van der Waals surface area contributed by atoms with Crippen LogP contribution in [-0.4, -0.2) is 46.7 Å². The van der Waals surface area contributed by atoms with Crippen LogP contribution in [0.5, 0.6) is 5.75 Å². The van der Waals surface area contributed by atoms with Crippen LogP contribution in [0.15, 0.2) is 29.1 Å². The molecule has 0 bridgehead atoms. The number of nitrogens with zero attached hydrogens (tertiary/aromatic N) is 2. The van der Waals surface area contributed by atoms with E-state index in [1.54, 1.807) is 35.4 Å². The maximum atomic E-state index is 12.9. The predicted octanol–water partition coefficient (Wildman–Crippen LogP) is 3.77. The molecule has 6 nitrogen and oxygen atoms in total. The summed E-state index contributed by atoms with van der Waals surface area (Å²) in [5.41, 5.74) is 1.11. The third kappa shape index (κ3) is 5.27. The lowest BCUT2D eigenvalue weighted by molar-refractivity contribution is -0.127. The zero-order chi connectivity index (χ0) is 21.8. The average Bonchev–Trinajstić information content (AvgIpc) is 3.33. The van der Waals surface area contributed by atoms with Crippen molar-refractivity contribution < 1.29 is 13.9 Å². The van der Waals surface area contributed by atoms with Crippen molar-refractivity contribution in [2.45, 2.75) is 31.4 Å². The van der Waals surface area contributed by atoms with E-state index < -0.39 is 0 Å². The summed E-state index contributed by atoms with van der Waals surface area (Å²) in [7, 11) is 1.76. The fraction of sp³-hybridized carbons (Fsp3) is 0.409. The second-order valence-electron chi connectivity index (χ2n) is 7.51. The molecule has 1 N–H and O–H groups in total. The van der Waals surface area contributed by atoms with Crippen LogP contribution in [-0.2, 0) is 23.4 Å². The van der Waals surface area contributed by atoms with Gasteiger partial charge in [0.15, 0.2) is 0 Å². The van der Waals surface area contributed by atoms with Crippen LogP contribution in [0.25, 0.3) is 10.2 Å². The largest absolute Gasteiger partial charge is 0.494 e. The molecule has 31 heavy (non-hydrogen) atoms. The van der Waals surface area contributed by atoms with Crippen molar-refractivity contribution in [1.29, 1.82) is 0 Å². The number of carbonyl (C=O) groups excluding carboxylic acids is 1. The fourth-order valence-electron chi connectivity index (χ4n) is 3.61. The minimum Gasteiger partial charge on any atom is -0.494 e. The van der Waals surface area contributed by atoms with Crippen LogP contribution in [0.1, 0.15) is 29.1 Å². The zero-order valence-electron chi connectivity index (χ0n) is 17.3. The molecule has 0 saturated carbocycles. The van der Waals surface area contributed by atoms with Gasteiger partial charge in [-0.15, -0.1) is 23.1 Å². The van der Waals surface area contributed by atoms with E-state index in [2.05, 4.69) is 9.97 Å². The smallest absolute Gasteiger partial charge is 0.259 e. The normalized spacial score (nSPS) is 12.8. The molecule has 164 valence electrons. The summed E-state index contributed by atoms with van der Waals surface area (Å²) < 4.78 is 18.4. The van der Waals surface area contributed by atoms with Crippen molar-refractivity contribution in [2.75, 3.05) is 26.0 Å². The number of carbonyl (C=O) groups is 1. The molecular weight excluding hydrogens is 437 g/mol. The van der Waals surface area contributed by atoms with Gasteiger partial charge in [0.1, 0.15) is 22.2 Å². The Morgan fingerprint density at radius 1 is 1.32 bits per heavy atom. The number of thiophene rings is 1. The van der Waals surface area contributed by atoms with Crippen molar-refractivity contribution in [3.63, 3.8) is 0 Å². The first-order valence-corrected chi connectivity index (χ1v) is 12.2. The van der Waals surface area contributed by atoms with Crippen LogP contribution in [0.2, 0.25) is 0 Å². The lowest BCUT2D eigenvalue weighted by Crippen LogP contribution is -2.30. The van der Waals surface area contributed by atoms with E-state index in [-0.39, 0.29) is 17.3 Å². The Balaban J connectivity index is 1.20. The molecule has 0 aliphatic heterocycles. The number of rotatable bonds is 9. The van der Waals surface area contributed by atoms with Crippen molar-refractivity contribution in [2.24, 2.45) is 0 Å². The van der Waals surface area contributed by atoms with Gasteiger partial charge < -0.3 is 14.6 Å². The first kappa shape index (κ1) is 21.8. The molecule has 0 radical (unpaired) electrons. The number of aromatic amines is 1. The van der Waals surface area contributed by atoms with Crippen LogP contribution in [0.4, 0.5) is 4.39 Å². The average molecular weight is 462 g/mol. The molecule has 2 heterocycles. The molecule has 4 rings (SSSR count). The summed E-state index contributed by atoms with van der Waals surface area (Å²) in [5, 5.41) is 0.755. The van der Waals surface area contributed by atoms with E-state index in [1.807, 2.05) is 0 Å². The van der Waals surface area contributed by atoms with Crippen molar-refractivity contribution in [1.82, 2.24) is 14.9 Å². The summed E-state index contributed by atoms with van der Waals surface area (Å²) in [5.74, 6) is 1.75. The summed E-state index contributed by atoms with van der Waals surface area (Å²) in [4.78, 5) is 36.1. The molecule has 0 spiro atoms. The molecule has 1 aliphatic carbocycles. The number of ether oxygens (including phenoxy) is 1. The highest BCUT2D eigenvalue weighted by atomic mass is 32.2. The number of hydrogen-bond acceptors (Lipinski definition) is 6. The SMILES string of the molecule is CN(CCCOc1ccc(F)cc1)C(=O)CSCc1nc2sc3c(c2c(=O)[nH]1)CCC3. The molecule has 0 fully saturated rings. The predicted molar refractivity (Wildman–Crippen MR) is 123 cm³/mol. The lowest BCUT2D eigenvalue weighted by Gasteiger charge is -2.17. The Bertz CT molecular complexity index is 1130. The van der Waals surface area contributed by atoms with Gasteiger partial charge in [-0.05, 0) is 55.5 Å². The number of H-pyrrole nitrogens is 1. The number of halogens is 1. The van der Waals surface area contributed by atoms with Crippen LogP contribution in [0, 0.1) is 5.82 Å². The summed E-state index contributed by atoms with van der Waals surface area (Å²) >= 11 is 3.07. The zero-order valence-corrected chi connectivity index (χ0v) is 18.9. The van der Waals surface area contributed by atoms with Crippen molar-refractivity contribution in [3.05, 3.63) is 56.7 Å². The maximum absolute atomic E-state index is 12.9. The van der Waals surface area contributed by atoms with Crippen molar-refractivity contribution >= 4 is 39.2 Å². The Hall–Kier alpha value is -2.39. The second-order valence-corrected chi connectivity index (χ2v) is 9.58. The number of nitrogens with one attached hydrogen (secondary N) is 1. The Morgan fingerprint density at radius 3 is 2.94 bits per heavy atom. The molecule has 1 aromatic carbocycles. The number of thioether (sulfide) groups is 1. The summed E-state index contributed by atoms with van der Waals surface area (Å²) in [6.07, 6.45) is 3.79. The molecule has 1 aliphatic rings. The van der Waals surface area contributed by atoms with Crippen molar-refractivity contribution in [3.8, 4) is 5.75 Å². The van der Waals surface area contributed by atoms with Gasteiger partial charge in [-0.2, -0.15) is 0 Å². The lowest BCUT2D eigenvalue weighted by atomic mass is 10.2. The summed E-state index contributed by atoms with van der Waals surface area (Å²) in [6.45, 7) is 1.02. The van der Waals surface area contributed by atoms with Gasteiger partial charge in [0.2, 0.25) is 5.91 Å². The van der Waals surface area contributed by atoms with Crippen LogP contribution < -0.4 is 10.3 Å². The highest BCUT2D eigenvalue weighted by Gasteiger charge is 2.21. The number of benzene rings is 1.